The lowest BCUT2D eigenvalue weighted by Gasteiger charge is -2.34. The van der Waals surface area contributed by atoms with Gasteiger partial charge in [0.05, 0.1) is 22.5 Å². The highest BCUT2D eigenvalue weighted by atomic mass is 16.5. The molecule has 0 N–H and O–H groups in total. The predicted octanol–water partition coefficient (Wildman–Crippen LogP) is 17.3. The maximum Gasteiger partial charge on any atom is 0.266 e. The molecule has 0 atom stereocenters. The van der Waals surface area contributed by atoms with Crippen molar-refractivity contribution in [3.05, 3.63) is 175 Å². The van der Waals surface area contributed by atoms with Gasteiger partial charge in [-0.2, -0.15) is 0 Å². The maximum atomic E-state index is 15.8. The van der Waals surface area contributed by atoms with Crippen LogP contribution in [0, 0.1) is 41.5 Å². The Morgan fingerprint density at radius 1 is 0.351 bits per heavy atom. The van der Waals surface area contributed by atoms with E-state index in [1.54, 1.807) is 0 Å². The third-order valence-corrected chi connectivity index (χ3v) is 15.5. The number of hydrogen-bond donors (Lipinski definition) is 0. The molecule has 0 aromatic heterocycles. The van der Waals surface area contributed by atoms with Crippen molar-refractivity contribution >= 4 is 78.1 Å². The van der Waals surface area contributed by atoms with Gasteiger partial charge in [-0.05, 0) is 145 Å². The fourth-order valence-corrected chi connectivity index (χ4v) is 12.4. The monoisotopic (exact) mass is 978 g/mol. The predicted molar refractivity (Wildman–Crippen MR) is 301 cm³/mol. The van der Waals surface area contributed by atoms with E-state index in [9.17, 15) is 0 Å². The molecule has 0 fully saturated rings. The van der Waals surface area contributed by atoms with Crippen LogP contribution in [0.1, 0.15) is 176 Å². The van der Waals surface area contributed by atoms with Crippen LogP contribution < -0.4 is 19.3 Å². The van der Waals surface area contributed by atoms with E-state index in [0.29, 0.717) is 99.7 Å². The number of amides is 4. The molecule has 2 aliphatic heterocycles. The van der Waals surface area contributed by atoms with Gasteiger partial charge in [0.1, 0.15) is 23.0 Å². The summed E-state index contributed by atoms with van der Waals surface area (Å²) < 4.78 is 14.5. The molecule has 8 nitrogen and oxygen atoms in total. The Kier molecular flexibility index (Phi) is 11.4. The zero-order valence-corrected chi connectivity index (χ0v) is 44.9. The van der Waals surface area contributed by atoms with E-state index in [-0.39, 0.29) is 23.7 Å². The van der Waals surface area contributed by atoms with Crippen molar-refractivity contribution in [2.75, 3.05) is 9.80 Å². The van der Waals surface area contributed by atoms with Gasteiger partial charge in [-0.1, -0.05) is 139 Å². The molecule has 9 aromatic carbocycles. The van der Waals surface area contributed by atoms with Crippen LogP contribution in [-0.4, -0.2) is 23.6 Å². The van der Waals surface area contributed by atoms with E-state index < -0.39 is 23.6 Å². The number of ether oxygens (including phenoxy) is 2. The molecule has 0 bridgehead atoms. The second-order valence-electron chi connectivity index (χ2n) is 22.2. The Hall–Kier alpha value is -7.84. The first kappa shape index (κ1) is 48.4. The summed E-state index contributed by atoms with van der Waals surface area (Å²) in [5.74, 6) is 0.450. The lowest BCUT2D eigenvalue weighted by molar-refractivity contribution is 0.0877. The van der Waals surface area contributed by atoms with Crippen LogP contribution in [0.25, 0.3) is 43.1 Å². The summed E-state index contributed by atoms with van der Waals surface area (Å²) in [4.78, 5) is 65.3. The van der Waals surface area contributed by atoms with Crippen molar-refractivity contribution in [2.45, 2.75) is 121 Å². The number of carbonyl (C=O) groups excluding carboxylic acids is 4. The molecule has 2 aliphatic rings. The van der Waals surface area contributed by atoms with Gasteiger partial charge in [0.2, 0.25) is 0 Å². The molecule has 0 saturated heterocycles. The van der Waals surface area contributed by atoms with Gasteiger partial charge in [0.15, 0.2) is 0 Å². The average molecular weight is 979 g/mol. The average Bonchev–Trinajstić information content (AvgIpc) is 3.34. The van der Waals surface area contributed by atoms with Crippen molar-refractivity contribution in [1.82, 2.24) is 0 Å². The molecule has 4 amide bonds. The topological polar surface area (TPSA) is 93.2 Å². The molecule has 8 heteroatoms. The number of anilines is 2. The van der Waals surface area contributed by atoms with E-state index in [2.05, 4.69) is 93.5 Å². The number of fused-ring (bicyclic) bond motifs is 2. The van der Waals surface area contributed by atoms with Crippen LogP contribution in [0.15, 0.2) is 97.1 Å². The number of hydrogen-bond acceptors (Lipinski definition) is 6. The molecular weight excluding hydrogens is 917 g/mol. The Balaban J connectivity index is 1.30. The first-order valence-electron chi connectivity index (χ1n) is 26.0. The quantitative estimate of drug-likeness (QED) is 0.0770. The van der Waals surface area contributed by atoms with E-state index in [1.807, 2.05) is 100 Å². The molecule has 0 saturated carbocycles. The second-order valence-corrected chi connectivity index (χ2v) is 22.2. The molecule has 74 heavy (non-hydrogen) atoms. The number of para-hydroxylation sites is 2. The first-order valence-corrected chi connectivity index (χ1v) is 26.0. The van der Waals surface area contributed by atoms with E-state index in [0.717, 1.165) is 55.6 Å². The number of rotatable bonds is 10. The Morgan fingerprint density at radius 2 is 0.649 bits per heavy atom. The lowest BCUT2D eigenvalue weighted by Crippen LogP contribution is -2.42. The zero-order valence-electron chi connectivity index (χ0n) is 44.9. The summed E-state index contributed by atoms with van der Waals surface area (Å²) >= 11 is 0. The lowest BCUT2D eigenvalue weighted by atomic mass is 9.80. The third kappa shape index (κ3) is 7.08. The van der Waals surface area contributed by atoms with Crippen LogP contribution in [0.5, 0.6) is 23.0 Å². The highest BCUT2D eigenvalue weighted by molar-refractivity contribution is 6.47. The Labute approximate surface area is 433 Å². The molecular formula is C66H62N2O6. The molecule has 11 rings (SSSR count). The molecule has 0 unspecified atom stereocenters. The SMILES string of the molecule is Cc1cc(C)c(Oc2cc3c4c(ccc5c6c(Oc7c(C)cc(C)cc7C)cc7c8c(ccc(c2c45)c86)C(=O)N(c2c(C(C)C)cccc2C(C)C)C7=O)C(=O)N(c2c(C(C)C)cccc2C(C)C)C3=O)c(C)c1. The summed E-state index contributed by atoms with van der Waals surface area (Å²) in [6.45, 7) is 28.8. The maximum absolute atomic E-state index is 15.8. The summed E-state index contributed by atoms with van der Waals surface area (Å²) in [7, 11) is 0. The minimum Gasteiger partial charge on any atom is -0.456 e. The summed E-state index contributed by atoms with van der Waals surface area (Å²) in [5, 5.41) is 5.01. The fourth-order valence-electron chi connectivity index (χ4n) is 12.4. The van der Waals surface area contributed by atoms with Crippen LogP contribution >= 0.6 is 0 Å². The van der Waals surface area contributed by atoms with Crippen molar-refractivity contribution in [3.8, 4) is 23.0 Å². The van der Waals surface area contributed by atoms with E-state index >= 15 is 19.2 Å². The van der Waals surface area contributed by atoms with Crippen LogP contribution in [-0.2, 0) is 0 Å². The van der Waals surface area contributed by atoms with Crippen LogP contribution in [0.2, 0.25) is 0 Å². The summed E-state index contributed by atoms with van der Waals surface area (Å²) in [6.07, 6.45) is 0. The summed E-state index contributed by atoms with van der Waals surface area (Å²) in [5.41, 5.74) is 12.1. The standard InChI is InChI=1S/C66H62N2O6/c1-31(2)41-17-15-18-42(32(3)4)59(41)67-63(69)47-23-21-45-56-52(74-62-39(13)27-36(10)28-40(62)14)30-50-54-48(64(70)68(66(50)72)60-43(33(5)6)19-16-20-44(60)34(7)8)24-22-46(58(54)56)55-51(29-49(65(67)71)53(47)57(45)55)73-61-37(11)25-35(9)26-38(61)12/h15-34H,1-14H3. The van der Waals surface area contributed by atoms with Gasteiger partial charge in [0.25, 0.3) is 23.6 Å². The van der Waals surface area contributed by atoms with Crippen molar-refractivity contribution in [1.29, 1.82) is 0 Å². The van der Waals surface area contributed by atoms with Gasteiger partial charge >= 0.3 is 0 Å². The molecule has 9 aromatic rings. The molecule has 0 aliphatic carbocycles. The normalized spacial score (nSPS) is 13.8. The summed E-state index contributed by atoms with van der Waals surface area (Å²) in [6, 6.07) is 31.5. The van der Waals surface area contributed by atoms with Crippen LogP contribution in [0.4, 0.5) is 11.4 Å². The minimum atomic E-state index is -0.444. The van der Waals surface area contributed by atoms with Crippen molar-refractivity contribution in [2.24, 2.45) is 0 Å². The molecule has 2 heterocycles. The zero-order chi connectivity index (χ0) is 52.7. The van der Waals surface area contributed by atoms with Gasteiger partial charge in [-0.25, -0.2) is 9.80 Å². The van der Waals surface area contributed by atoms with E-state index in [1.165, 1.54) is 9.80 Å². The molecule has 0 spiro atoms. The number of aryl methyl sites for hydroxylation is 6. The fraction of sp³-hybridized carbons (Fsp3) is 0.273. The first-order chi connectivity index (χ1) is 35.2. The number of imide groups is 2. The van der Waals surface area contributed by atoms with Gasteiger partial charge in [0, 0.05) is 43.4 Å². The van der Waals surface area contributed by atoms with Crippen molar-refractivity contribution < 1.29 is 28.7 Å². The highest BCUT2D eigenvalue weighted by Crippen LogP contribution is 2.55. The molecule has 0 radical (unpaired) electrons. The van der Waals surface area contributed by atoms with Gasteiger partial charge in [-0.15, -0.1) is 0 Å². The molecule has 372 valence electrons. The smallest absolute Gasteiger partial charge is 0.266 e. The largest absolute Gasteiger partial charge is 0.456 e. The third-order valence-electron chi connectivity index (χ3n) is 15.5. The number of nitrogens with zero attached hydrogens (tertiary/aromatic N) is 2. The Morgan fingerprint density at radius 3 is 0.946 bits per heavy atom. The Bertz CT molecular complexity index is 3610. The second kappa shape index (κ2) is 17.4. The van der Waals surface area contributed by atoms with Crippen LogP contribution in [0.3, 0.4) is 0 Å². The highest BCUT2D eigenvalue weighted by Gasteiger charge is 2.42. The van der Waals surface area contributed by atoms with E-state index in [4.69, 9.17) is 9.47 Å². The van der Waals surface area contributed by atoms with Crippen molar-refractivity contribution in [3.63, 3.8) is 0 Å². The number of carbonyl (C=O) groups is 4. The van der Waals surface area contributed by atoms with Gasteiger partial charge < -0.3 is 9.47 Å². The minimum absolute atomic E-state index is 0.0123. The number of benzene rings is 9. The van der Waals surface area contributed by atoms with Gasteiger partial charge in [-0.3, -0.25) is 19.2 Å².